The van der Waals surface area contributed by atoms with Crippen LogP contribution in [0.5, 0.6) is 0 Å². The van der Waals surface area contributed by atoms with Crippen molar-refractivity contribution in [3.8, 4) is 0 Å². The fourth-order valence-electron chi connectivity index (χ4n) is 2.26. The molecular formula is C12H17ClN2. The van der Waals surface area contributed by atoms with Crippen molar-refractivity contribution in [3.05, 3.63) is 23.5 Å². The number of aromatic nitrogens is 1. The van der Waals surface area contributed by atoms with Gasteiger partial charge >= 0.3 is 0 Å². The van der Waals surface area contributed by atoms with E-state index in [0.29, 0.717) is 16.6 Å². The van der Waals surface area contributed by atoms with Crippen LogP contribution < -0.4 is 5.32 Å². The first-order valence-corrected chi connectivity index (χ1v) is 5.81. The second kappa shape index (κ2) is 4.01. The van der Waals surface area contributed by atoms with E-state index in [1.54, 1.807) is 6.20 Å². The summed E-state index contributed by atoms with van der Waals surface area (Å²) in [6.45, 7) is 4.66. The fraction of sp³-hybridized carbons (Fsp3) is 0.583. The standard InChI is InChI=1S/C12H17ClN2/c1-12(2)6-5-9(7-12)15-10-3-4-11(13)14-8-10/h3-4,8-9,15H,5-7H2,1-2H3. The van der Waals surface area contributed by atoms with Crippen LogP contribution in [0.2, 0.25) is 5.15 Å². The third-order valence-corrected chi connectivity index (χ3v) is 3.29. The number of rotatable bonds is 2. The molecule has 0 radical (unpaired) electrons. The lowest BCUT2D eigenvalue weighted by molar-refractivity contribution is 0.378. The van der Waals surface area contributed by atoms with Crippen molar-refractivity contribution in [3.63, 3.8) is 0 Å². The number of nitrogens with one attached hydrogen (secondary N) is 1. The molecule has 1 atom stereocenters. The minimum atomic E-state index is 0.484. The highest BCUT2D eigenvalue weighted by Crippen LogP contribution is 2.38. The van der Waals surface area contributed by atoms with E-state index in [-0.39, 0.29) is 0 Å². The highest BCUT2D eigenvalue weighted by Gasteiger charge is 2.30. The summed E-state index contributed by atoms with van der Waals surface area (Å²) in [6, 6.07) is 4.40. The summed E-state index contributed by atoms with van der Waals surface area (Å²) in [6.07, 6.45) is 5.57. The van der Waals surface area contributed by atoms with Crippen molar-refractivity contribution in [2.45, 2.75) is 39.2 Å². The Balaban J connectivity index is 1.96. The van der Waals surface area contributed by atoms with Gasteiger partial charge in [0.15, 0.2) is 0 Å². The molecule has 1 aromatic rings. The summed E-state index contributed by atoms with van der Waals surface area (Å²) in [7, 11) is 0. The van der Waals surface area contributed by atoms with E-state index in [1.807, 2.05) is 12.1 Å². The van der Waals surface area contributed by atoms with Gasteiger partial charge in [0.25, 0.3) is 0 Å². The Morgan fingerprint density at radius 2 is 2.27 bits per heavy atom. The molecule has 1 saturated carbocycles. The molecule has 1 fully saturated rings. The van der Waals surface area contributed by atoms with E-state index in [0.717, 1.165) is 5.69 Å². The SMILES string of the molecule is CC1(C)CCC(Nc2ccc(Cl)nc2)C1. The smallest absolute Gasteiger partial charge is 0.129 e. The predicted octanol–water partition coefficient (Wildman–Crippen LogP) is 3.73. The van der Waals surface area contributed by atoms with Crippen LogP contribution in [0.3, 0.4) is 0 Å². The van der Waals surface area contributed by atoms with E-state index < -0.39 is 0 Å². The molecule has 1 aliphatic rings. The Kier molecular flexibility index (Phi) is 2.87. The molecule has 0 aliphatic heterocycles. The quantitative estimate of drug-likeness (QED) is 0.775. The second-order valence-corrected chi connectivity index (χ2v) is 5.51. The summed E-state index contributed by atoms with van der Waals surface area (Å²) < 4.78 is 0. The van der Waals surface area contributed by atoms with Gasteiger partial charge in [0.05, 0.1) is 11.9 Å². The van der Waals surface area contributed by atoms with Crippen LogP contribution in [0.25, 0.3) is 0 Å². The third-order valence-electron chi connectivity index (χ3n) is 3.07. The summed E-state index contributed by atoms with van der Waals surface area (Å²) in [4.78, 5) is 4.06. The van der Waals surface area contributed by atoms with E-state index in [4.69, 9.17) is 11.6 Å². The largest absolute Gasteiger partial charge is 0.381 e. The lowest BCUT2D eigenvalue weighted by atomic mass is 9.92. The molecular weight excluding hydrogens is 208 g/mol. The zero-order chi connectivity index (χ0) is 10.9. The zero-order valence-electron chi connectivity index (χ0n) is 9.26. The molecule has 3 heteroatoms. The van der Waals surface area contributed by atoms with Gasteiger partial charge in [-0.1, -0.05) is 25.4 Å². The van der Waals surface area contributed by atoms with Crippen molar-refractivity contribution in [2.24, 2.45) is 5.41 Å². The number of nitrogens with zero attached hydrogens (tertiary/aromatic N) is 1. The molecule has 1 N–H and O–H groups in total. The number of hydrogen-bond acceptors (Lipinski definition) is 2. The Morgan fingerprint density at radius 1 is 1.47 bits per heavy atom. The predicted molar refractivity (Wildman–Crippen MR) is 64.3 cm³/mol. The summed E-state index contributed by atoms with van der Waals surface area (Å²) in [5.41, 5.74) is 1.56. The Hall–Kier alpha value is -0.760. The van der Waals surface area contributed by atoms with Gasteiger partial charge in [-0.3, -0.25) is 0 Å². The second-order valence-electron chi connectivity index (χ2n) is 5.12. The van der Waals surface area contributed by atoms with Crippen LogP contribution in [0.4, 0.5) is 5.69 Å². The van der Waals surface area contributed by atoms with Gasteiger partial charge in [-0.15, -0.1) is 0 Å². The summed E-state index contributed by atoms with van der Waals surface area (Å²) in [5, 5.41) is 4.05. The molecule has 0 spiro atoms. The first kappa shape index (κ1) is 10.7. The minimum Gasteiger partial charge on any atom is -0.381 e. The Morgan fingerprint density at radius 3 is 2.80 bits per heavy atom. The maximum Gasteiger partial charge on any atom is 0.129 e. The zero-order valence-corrected chi connectivity index (χ0v) is 10.0. The normalized spacial score (nSPS) is 24.1. The number of halogens is 1. The summed E-state index contributed by atoms with van der Waals surface area (Å²) in [5.74, 6) is 0. The van der Waals surface area contributed by atoms with Gasteiger partial charge in [-0.25, -0.2) is 4.98 Å². The molecule has 15 heavy (non-hydrogen) atoms. The van der Waals surface area contributed by atoms with Crippen LogP contribution in [0, 0.1) is 5.41 Å². The number of anilines is 1. The molecule has 2 nitrogen and oxygen atoms in total. The van der Waals surface area contributed by atoms with E-state index in [1.165, 1.54) is 19.3 Å². The average molecular weight is 225 g/mol. The highest BCUT2D eigenvalue weighted by atomic mass is 35.5. The first-order valence-electron chi connectivity index (χ1n) is 5.43. The maximum absolute atomic E-state index is 5.73. The van der Waals surface area contributed by atoms with E-state index in [9.17, 15) is 0 Å². The van der Waals surface area contributed by atoms with Crippen molar-refractivity contribution in [1.29, 1.82) is 0 Å². The lowest BCUT2D eigenvalue weighted by Crippen LogP contribution is -2.17. The third kappa shape index (κ3) is 2.85. The summed E-state index contributed by atoms with van der Waals surface area (Å²) >= 11 is 5.73. The van der Waals surface area contributed by atoms with Gasteiger partial charge in [-0.2, -0.15) is 0 Å². The van der Waals surface area contributed by atoms with Crippen LogP contribution in [-0.4, -0.2) is 11.0 Å². The maximum atomic E-state index is 5.73. The minimum absolute atomic E-state index is 0.484. The van der Waals surface area contributed by atoms with Gasteiger partial charge in [-0.05, 0) is 36.8 Å². The molecule has 0 bridgehead atoms. The molecule has 0 amide bonds. The van der Waals surface area contributed by atoms with Gasteiger partial charge in [0.1, 0.15) is 5.15 Å². The molecule has 1 aliphatic carbocycles. The van der Waals surface area contributed by atoms with Crippen LogP contribution >= 0.6 is 11.6 Å². The molecule has 1 heterocycles. The topological polar surface area (TPSA) is 24.9 Å². The van der Waals surface area contributed by atoms with Crippen LogP contribution in [-0.2, 0) is 0 Å². The lowest BCUT2D eigenvalue weighted by Gasteiger charge is -2.18. The Labute approximate surface area is 96.1 Å². The molecule has 1 aromatic heterocycles. The Bertz CT molecular complexity index is 332. The van der Waals surface area contributed by atoms with Gasteiger partial charge in [0.2, 0.25) is 0 Å². The van der Waals surface area contributed by atoms with Crippen molar-refractivity contribution < 1.29 is 0 Å². The molecule has 82 valence electrons. The number of pyridine rings is 1. The fourth-order valence-corrected chi connectivity index (χ4v) is 2.37. The highest BCUT2D eigenvalue weighted by molar-refractivity contribution is 6.29. The van der Waals surface area contributed by atoms with Crippen LogP contribution in [0.15, 0.2) is 18.3 Å². The van der Waals surface area contributed by atoms with Gasteiger partial charge in [0, 0.05) is 6.04 Å². The molecule has 0 saturated heterocycles. The van der Waals surface area contributed by atoms with Crippen molar-refractivity contribution >= 4 is 17.3 Å². The average Bonchev–Trinajstić information content (AvgIpc) is 2.50. The van der Waals surface area contributed by atoms with Crippen LogP contribution in [0.1, 0.15) is 33.1 Å². The van der Waals surface area contributed by atoms with E-state index >= 15 is 0 Å². The molecule has 1 unspecified atom stereocenters. The van der Waals surface area contributed by atoms with Gasteiger partial charge < -0.3 is 5.32 Å². The van der Waals surface area contributed by atoms with Crippen molar-refractivity contribution in [2.75, 3.05) is 5.32 Å². The molecule has 0 aromatic carbocycles. The molecule has 2 rings (SSSR count). The monoisotopic (exact) mass is 224 g/mol. The van der Waals surface area contributed by atoms with E-state index in [2.05, 4.69) is 24.1 Å². The van der Waals surface area contributed by atoms with Crippen molar-refractivity contribution in [1.82, 2.24) is 4.98 Å². The first-order chi connectivity index (χ1) is 7.05. The number of hydrogen-bond donors (Lipinski definition) is 1.